The molecule has 0 radical (unpaired) electrons. The Morgan fingerprint density at radius 2 is 1.83 bits per heavy atom. The van der Waals surface area contributed by atoms with Crippen LogP contribution in [0.25, 0.3) is 0 Å². The number of nitrogens with one attached hydrogen (secondary N) is 2. The molecule has 3 amide bonds. The van der Waals surface area contributed by atoms with Crippen LogP contribution in [-0.2, 0) is 25.7 Å². The fourth-order valence-electron chi connectivity index (χ4n) is 6.54. The van der Waals surface area contributed by atoms with Crippen molar-refractivity contribution in [1.29, 1.82) is 0 Å². The van der Waals surface area contributed by atoms with Crippen LogP contribution in [0.2, 0.25) is 0 Å². The third kappa shape index (κ3) is 4.35. The van der Waals surface area contributed by atoms with E-state index in [1.165, 1.54) is 0 Å². The number of fused-ring (bicyclic) bond motifs is 1. The summed E-state index contributed by atoms with van der Waals surface area (Å²) in [4.78, 5) is 42.7. The van der Waals surface area contributed by atoms with Crippen molar-refractivity contribution in [2.24, 2.45) is 17.8 Å². The Kier molecular flexibility index (Phi) is 6.99. The van der Waals surface area contributed by atoms with Gasteiger partial charge in [0.15, 0.2) is 0 Å². The number of amides is 3. The highest BCUT2D eigenvalue weighted by atomic mass is 16.5. The Morgan fingerprint density at radius 1 is 1.14 bits per heavy atom. The van der Waals surface area contributed by atoms with E-state index >= 15 is 0 Å². The van der Waals surface area contributed by atoms with Crippen LogP contribution in [0.5, 0.6) is 0 Å². The monoisotopic (exact) mass is 485 g/mol. The van der Waals surface area contributed by atoms with E-state index in [2.05, 4.69) is 10.6 Å². The molecule has 4 rings (SSSR count). The van der Waals surface area contributed by atoms with Crippen LogP contribution in [0.4, 0.5) is 0 Å². The SMILES string of the molecule is CC(C)C[C@H](CO)N1C(=O)[C@@H]2[C@H](C(=O)NCc3ccccc3)[C@]3(C)CCC2(O3)C1C(=O)NC(C)C. The fraction of sp³-hybridized carbons (Fsp3) is 0.667. The maximum Gasteiger partial charge on any atom is 0.246 e. The molecule has 6 atom stereocenters. The first kappa shape index (κ1) is 25.6. The van der Waals surface area contributed by atoms with Gasteiger partial charge in [0.2, 0.25) is 17.7 Å². The van der Waals surface area contributed by atoms with Gasteiger partial charge in [-0.3, -0.25) is 14.4 Å². The summed E-state index contributed by atoms with van der Waals surface area (Å²) in [7, 11) is 0. The Morgan fingerprint density at radius 3 is 2.43 bits per heavy atom. The van der Waals surface area contributed by atoms with Gasteiger partial charge in [-0.1, -0.05) is 44.2 Å². The minimum absolute atomic E-state index is 0.119. The maximum absolute atomic E-state index is 14.1. The van der Waals surface area contributed by atoms with Crippen LogP contribution in [0.1, 0.15) is 59.4 Å². The normalized spacial score (nSPS) is 32.3. The van der Waals surface area contributed by atoms with E-state index in [0.717, 1.165) is 5.56 Å². The molecule has 3 N–H and O–H groups in total. The third-order valence-corrected chi connectivity index (χ3v) is 7.83. The predicted molar refractivity (Wildman–Crippen MR) is 131 cm³/mol. The summed E-state index contributed by atoms with van der Waals surface area (Å²) in [6, 6.07) is 8.10. The highest BCUT2D eigenvalue weighted by Crippen LogP contribution is 2.63. The molecule has 3 fully saturated rings. The molecule has 3 aliphatic heterocycles. The van der Waals surface area contributed by atoms with E-state index in [-0.39, 0.29) is 36.3 Å². The summed E-state index contributed by atoms with van der Waals surface area (Å²) in [5, 5.41) is 16.2. The quantitative estimate of drug-likeness (QED) is 0.496. The molecular weight excluding hydrogens is 446 g/mol. The molecular formula is C27H39N3O5. The van der Waals surface area contributed by atoms with Gasteiger partial charge < -0.3 is 25.4 Å². The Labute approximate surface area is 207 Å². The topological polar surface area (TPSA) is 108 Å². The summed E-state index contributed by atoms with van der Waals surface area (Å²) in [6.07, 6.45) is 1.67. The summed E-state index contributed by atoms with van der Waals surface area (Å²) in [5.74, 6) is -2.03. The molecule has 1 aromatic carbocycles. The van der Waals surface area contributed by atoms with E-state index in [9.17, 15) is 19.5 Å². The van der Waals surface area contributed by atoms with Crippen molar-refractivity contribution in [3.05, 3.63) is 35.9 Å². The Hall–Kier alpha value is -2.45. The summed E-state index contributed by atoms with van der Waals surface area (Å²) in [6.45, 7) is 9.79. The van der Waals surface area contributed by atoms with Crippen LogP contribution in [0.15, 0.2) is 30.3 Å². The van der Waals surface area contributed by atoms with Crippen molar-refractivity contribution in [1.82, 2.24) is 15.5 Å². The van der Waals surface area contributed by atoms with Crippen molar-refractivity contribution in [2.75, 3.05) is 6.61 Å². The summed E-state index contributed by atoms with van der Waals surface area (Å²) in [5.41, 5.74) is -0.934. The van der Waals surface area contributed by atoms with Crippen molar-refractivity contribution >= 4 is 17.7 Å². The number of ether oxygens (including phenoxy) is 1. The standard InChI is InChI=1S/C27H39N3O5/c1-16(2)13-19(15-31)30-22(24(33)29-17(3)4)27-12-11-26(5,35-27)20(21(27)25(30)34)23(32)28-14-18-9-7-6-8-10-18/h6-10,16-17,19-22,31H,11-15H2,1-5H3,(H,28,32)(H,29,33)/t19-,20-,21+,22?,26+,27?/m1/s1. The van der Waals surface area contributed by atoms with Gasteiger partial charge in [0.05, 0.1) is 30.1 Å². The first-order valence-corrected chi connectivity index (χ1v) is 12.8. The van der Waals surface area contributed by atoms with E-state index in [4.69, 9.17) is 4.74 Å². The van der Waals surface area contributed by atoms with Crippen molar-refractivity contribution in [2.45, 2.75) is 89.8 Å². The molecule has 1 spiro atoms. The van der Waals surface area contributed by atoms with Crippen molar-refractivity contribution in [3.8, 4) is 0 Å². The minimum atomic E-state index is -1.08. The number of likely N-dealkylation sites (tertiary alicyclic amines) is 1. The molecule has 3 aliphatic rings. The molecule has 3 saturated heterocycles. The third-order valence-electron chi connectivity index (χ3n) is 7.83. The number of aliphatic hydroxyl groups excluding tert-OH is 1. The van der Waals surface area contributed by atoms with Gasteiger partial charge in [-0.25, -0.2) is 0 Å². The average Bonchev–Trinajstić information content (AvgIpc) is 3.36. The molecule has 0 aromatic heterocycles. The van der Waals surface area contributed by atoms with Crippen LogP contribution >= 0.6 is 0 Å². The van der Waals surface area contributed by atoms with Gasteiger partial charge in [-0.15, -0.1) is 0 Å². The van der Waals surface area contributed by atoms with E-state index in [1.54, 1.807) is 4.90 Å². The van der Waals surface area contributed by atoms with Gasteiger partial charge in [0.25, 0.3) is 0 Å². The first-order chi connectivity index (χ1) is 16.5. The highest BCUT2D eigenvalue weighted by Gasteiger charge is 2.78. The van der Waals surface area contributed by atoms with Crippen LogP contribution in [-0.4, -0.2) is 63.7 Å². The zero-order valence-electron chi connectivity index (χ0n) is 21.4. The molecule has 0 saturated carbocycles. The smallest absolute Gasteiger partial charge is 0.246 e. The predicted octanol–water partition coefficient (Wildman–Crippen LogP) is 2.00. The van der Waals surface area contributed by atoms with Crippen LogP contribution in [0, 0.1) is 17.8 Å². The Bertz CT molecular complexity index is 967. The number of rotatable bonds is 9. The molecule has 8 heteroatoms. The summed E-state index contributed by atoms with van der Waals surface area (Å²) >= 11 is 0. The lowest BCUT2D eigenvalue weighted by molar-refractivity contribution is -0.150. The van der Waals surface area contributed by atoms with E-state index < -0.39 is 35.1 Å². The average molecular weight is 486 g/mol. The van der Waals surface area contributed by atoms with Crippen LogP contribution in [0.3, 0.4) is 0 Å². The number of nitrogens with zero attached hydrogens (tertiary/aromatic N) is 1. The van der Waals surface area contributed by atoms with Crippen molar-refractivity contribution < 1.29 is 24.2 Å². The largest absolute Gasteiger partial charge is 0.394 e. The summed E-state index contributed by atoms with van der Waals surface area (Å²) < 4.78 is 6.61. The fourth-order valence-corrected chi connectivity index (χ4v) is 6.54. The number of hydrogen-bond donors (Lipinski definition) is 3. The molecule has 192 valence electrons. The zero-order valence-corrected chi connectivity index (χ0v) is 21.4. The van der Waals surface area contributed by atoms with Crippen LogP contribution < -0.4 is 10.6 Å². The van der Waals surface area contributed by atoms with Gasteiger partial charge in [-0.2, -0.15) is 0 Å². The molecule has 2 bridgehead atoms. The number of benzene rings is 1. The van der Waals surface area contributed by atoms with Crippen molar-refractivity contribution in [3.63, 3.8) is 0 Å². The van der Waals surface area contributed by atoms with Gasteiger partial charge in [-0.05, 0) is 51.5 Å². The second-order valence-electron chi connectivity index (χ2n) is 11.3. The molecule has 8 nitrogen and oxygen atoms in total. The second kappa shape index (κ2) is 9.54. The molecule has 3 heterocycles. The minimum Gasteiger partial charge on any atom is -0.394 e. The van der Waals surface area contributed by atoms with E-state index in [1.807, 2.05) is 65.0 Å². The lowest BCUT2D eigenvalue weighted by atomic mass is 9.66. The number of carbonyl (C=O) groups excluding carboxylic acids is 3. The van der Waals surface area contributed by atoms with E-state index in [0.29, 0.717) is 25.8 Å². The zero-order chi connectivity index (χ0) is 25.5. The maximum atomic E-state index is 14.1. The molecule has 35 heavy (non-hydrogen) atoms. The Balaban J connectivity index is 1.69. The van der Waals surface area contributed by atoms with Gasteiger partial charge in [0.1, 0.15) is 11.6 Å². The highest BCUT2D eigenvalue weighted by molar-refractivity contribution is 5.99. The van der Waals surface area contributed by atoms with Gasteiger partial charge >= 0.3 is 0 Å². The molecule has 2 unspecified atom stereocenters. The first-order valence-electron chi connectivity index (χ1n) is 12.8. The molecule has 1 aromatic rings. The lowest BCUT2D eigenvalue weighted by Crippen LogP contribution is -2.59. The number of aliphatic hydroxyl groups is 1. The molecule has 0 aliphatic carbocycles. The lowest BCUT2D eigenvalue weighted by Gasteiger charge is -2.38. The number of hydrogen-bond acceptors (Lipinski definition) is 5. The number of carbonyl (C=O) groups is 3. The second-order valence-corrected chi connectivity index (χ2v) is 11.3. The van der Waals surface area contributed by atoms with Gasteiger partial charge in [0, 0.05) is 12.6 Å².